The van der Waals surface area contributed by atoms with Crippen molar-refractivity contribution in [2.75, 3.05) is 20.6 Å². The van der Waals surface area contributed by atoms with E-state index in [0.29, 0.717) is 17.5 Å². The second-order valence-corrected chi connectivity index (χ2v) is 3.72. The number of halogens is 1. The Bertz CT molecular complexity index is 364. The smallest absolute Gasteiger partial charge is 0.248 e. The zero-order valence-corrected chi connectivity index (χ0v) is 8.96. The molecule has 0 unspecified atom stereocenters. The van der Waals surface area contributed by atoms with E-state index < -0.39 is 5.91 Å². The molecule has 0 radical (unpaired) electrons. The van der Waals surface area contributed by atoms with Gasteiger partial charge in [-0.2, -0.15) is 0 Å². The van der Waals surface area contributed by atoms with Crippen LogP contribution in [0.15, 0.2) is 18.2 Å². The number of nitrogens with two attached hydrogens (primary N) is 1. The Morgan fingerprint density at radius 3 is 2.67 bits per heavy atom. The molecule has 0 aromatic heterocycles. The summed E-state index contributed by atoms with van der Waals surface area (Å²) in [6.45, 7) is 0.754. The van der Waals surface area contributed by atoms with Crippen molar-refractivity contribution in [1.82, 2.24) is 4.90 Å². The monoisotopic (exact) mass is 210 g/mol. The fraction of sp³-hybridized carbons (Fsp3) is 0.364. The number of carbonyl (C=O) groups excluding carboxylic acids is 1. The first-order chi connectivity index (χ1) is 7.00. The molecule has 0 saturated carbocycles. The molecule has 0 spiro atoms. The van der Waals surface area contributed by atoms with Crippen LogP contribution < -0.4 is 5.73 Å². The molecule has 0 fully saturated rings. The largest absolute Gasteiger partial charge is 0.366 e. The third-order valence-electron chi connectivity index (χ3n) is 2.16. The van der Waals surface area contributed by atoms with E-state index in [9.17, 15) is 9.18 Å². The Hall–Kier alpha value is -1.42. The van der Waals surface area contributed by atoms with Gasteiger partial charge >= 0.3 is 0 Å². The lowest BCUT2D eigenvalue weighted by Crippen LogP contribution is -2.19. The van der Waals surface area contributed by atoms with Gasteiger partial charge in [0.25, 0.3) is 0 Å². The SMILES string of the molecule is CN(C)CCc1cc(F)ccc1C(N)=O. The molecule has 4 heteroatoms. The summed E-state index contributed by atoms with van der Waals surface area (Å²) in [6.07, 6.45) is 0.614. The number of primary amides is 1. The number of carbonyl (C=O) groups is 1. The molecule has 1 amide bonds. The second-order valence-electron chi connectivity index (χ2n) is 3.72. The summed E-state index contributed by atoms with van der Waals surface area (Å²) < 4.78 is 13.0. The van der Waals surface area contributed by atoms with Gasteiger partial charge in [0, 0.05) is 12.1 Å². The van der Waals surface area contributed by atoms with E-state index in [2.05, 4.69) is 0 Å². The molecule has 1 aromatic carbocycles. The topological polar surface area (TPSA) is 46.3 Å². The van der Waals surface area contributed by atoms with Crippen LogP contribution in [-0.2, 0) is 6.42 Å². The van der Waals surface area contributed by atoms with Gasteiger partial charge in [-0.15, -0.1) is 0 Å². The summed E-state index contributed by atoms with van der Waals surface area (Å²) in [7, 11) is 3.84. The number of rotatable bonds is 4. The molecule has 0 heterocycles. The van der Waals surface area contributed by atoms with E-state index >= 15 is 0 Å². The standard InChI is InChI=1S/C11H15FN2O/c1-14(2)6-5-8-7-9(12)3-4-10(8)11(13)15/h3-4,7H,5-6H2,1-2H3,(H2,13,15). The molecule has 2 N–H and O–H groups in total. The lowest BCUT2D eigenvalue weighted by molar-refractivity contribution is 0.0999. The summed E-state index contributed by atoms with van der Waals surface area (Å²) >= 11 is 0. The van der Waals surface area contributed by atoms with Gasteiger partial charge in [-0.25, -0.2) is 4.39 Å². The van der Waals surface area contributed by atoms with E-state index in [1.807, 2.05) is 19.0 Å². The summed E-state index contributed by atoms with van der Waals surface area (Å²) in [4.78, 5) is 13.0. The molecule has 0 aliphatic heterocycles. The molecule has 3 nitrogen and oxygen atoms in total. The zero-order valence-electron chi connectivity index (χ0n) is 8.96. The zero-order chi connectivity index (χ0) is 11.4. The van der Waals surface area contributed by atoms with Crippen molar-refractivity contribution in [1.29, 1.82) is 0 Å². The Morgan fingerprint density at radius 1 is 1.47 bits per heavy atom. The number of hydrogen-bond acceptors (Lipinski definition) is 2. The highest BCUT2D eigenvalue weighted by Gasteiger charge is 2.09. The van der Waals surface area contributed by atoms with Crippen LogP contribution in [0.5, 0.6) is 0 Å². The fourth-order valence-electron chi connectivity index (χ4n) is 1.35. The number of nitrogens with zero attached hydrogens (tertiary/aromatic N) is 1. The first-order valence-corrected chi connectivity index (χ1v) is 4.73. The maximum atomic E-state index is 13.0. The first-order valence-electron chi connectivity index (χ1n) is 4.73. The molecule has 0 aliphatic carbocycles. The summed E-state index contributed by atoms with van der Waals surface area (Å²) in [5, 5.41) is 0. The number of hydrogen-bond donors (Lipinski definition) is 1. The highest BCUT2D eigenvalue weighted by atomic mass is 19.1. The highest BCUT2D eigenvalue weighted by molar-refractivity contribution is 5.94. The van der Waals surface area contributed by atoms with Gasteiger partial charge in [-0.1, -0.05) is 0 Å². The molecule has 0 bridgehead atoms. The van der Waals surface area contributed by atoms with Crippen molar-refractivity contribution in [3.8, 4) is 0 Å². The normalized spacial score (nSPS) is 10.7. The van der Waals surface area contributed by atoms with E-state index in [1.54, 1.807) is 0 Å². The van der Waals surface area contributed by atoms with Gasteiger partial charge in [0.15, 0.2) is 0 Å². The third kappa shape index (κ3) is 3.32. The van der Waals surface area contributed by atoms with E-state index in [4.69, 9.17) is 5.73 Å². The predicted molar refractivity (Wildman–Crippen MR) is 57.2 cm³/mol. The fourth-order valence-corrected chi connectivity index (χ4v) is 1.35. The predicted octanol–water partition coefficient (Wildman–Crippen LogP) is 1.03. The van der Waals surface area contributed by atoms with Crippen molar-refractivity contribution in [3.05, 3.63) is 35.1 Å². The Kier molecular flexibility index (Phi) is 3.80. The Labute approximate surface area is 88.7 Å². The van der Waals surface area contributed by atoms with E-state index in [-0.39, 0.29) is 5.82 Å². The minimum atomic E-state index is -0.510. The number of amides is 1. The van der Waals surface area contributed by atoms with Crippen molar-refractivity contribution in [3.63, 3.8) is 0 Å². The van der Waals surface area contributed by atoms with Crippen LogP contribution in [0, 0.1) is 5.82 Å². The van der Waals surface area contributed by atoms with Crippen molar-refractivity contribution >= 4 is 5.91 Å². The van der Waals surface area contributed by atoms with Crippen LogP contribution in [0.2, 0.25) is 0 Å². The van der Waals surface area contributed by atoms with Gasteiger partial charge in [-0.05, 0) is 44.3 Å². The minimum absolute atomic E-state index is 0.339. The quantitative estimate of drug-likeness (QED) is 0.806. The molecular weight excluding hydrogens is 195 g/mol. The van der Waals surface area contributed by atoms with Gasteiger partial charge in [0.1, 0.15) is 5.82 Å². The van der Waals surface area contributed by atoms with Crippen LogP contribution in [0.4, 0.5) is 4.39 Å². The molecule has 15 heavy (non-hydrogen) atoms. The molecule has 82 valence electrons. The van der Waals surface area contributed by atoms with Crippen molar-refractivity contribution < 1.29 is 9.18 Å². The van der Waals surface area contributed by atoms with Gasteiger partial charge in [0.2, 0.25) is 5.91 Å². The lowest BCUT2D eigenvalue weighted by atomic mass is 10.0. The molecule has 0 aliphatic rings. The van der Waals surface area contributed by atoms with Gasteiger partial charge < -0.3 is 10.6 Å². The van der Waals surface area contributed by atoms with Crippen molar-refractivity contribution in [2.45, 2.75) is 6.42 Å². The maximum absolute atomic E-state index is 13.0. The average molecular weight is 210 g/mol. The molecular formula is C11H15FN2O. The van der Waals surface area contributed by atoms with Crippen LogP contribution >= 0.6 is 0 Å². The highest BCUT2D eigenvalue weighted by Crippen LogP contribution is 2.11. The van der Waals surface area contributed by atoms with Crippen LogP contribution in [0.25, 0.3) is 0 Å². The van der Waals surface area contributed by atoms with E-state index in [0.717, 1.165) is 6.54 Å². The van der Waals surface area contributed by atoms with Crippen LogP contribution in [0.3, 0.4) is 0 Å². The Morgan fingerprint density at radius 2 is 2.13 bits per heavy atom. The molecule has 0 saturated heterocycles. The van der Waals surface area contributed by atoms with Gasteiger partial charge in [-0.3, -0.25) is 4.79 Å². The Balaban J connectivity index is 2.92. The summed E-state index contributed by atoms with van der Waals surface area (Å²) in [5.41, 5.74) is 6.26. The molecule has 1 aromatic rings. The second kappa shape index (κ2) is 4.89. The molecule has 0 atom stereocenters. The van der Waals surface area contributed by atoms with Crippen LogP contribution in [0.1, 0.15) is 15.9 Å². The van der Waals surface area contributed by atoms with Crippen LogP contribution in [-0.4, -0.2) is 31.4 Å². The summed E-state index contributed by atoms with van der Waals surface area (Å²) in [6, 6.07) is 4.05. The third-order valence-corrected chi connectivity index (χ3v) is 2.16. The summed E-state index contributed by atoms with van der Waals surface area (Å²) in [5.74, 6) is -0.850. The lowest BCUT2D eigenvalue weighted by Gasteiger charge is -2.11. The van der Waals surface area contributed by atoms with E-state index in [1.165, 1.54) is 18.2 Å². The van der Waals surface area contributed by atoms with Gasteiger partial charge in [0.05, 0.1) is 0 Å². The minimum Gasteiger partial charge on any atom is -0.366 e. The first kappa shape index (κ1) is 11.7. The average Bonchev–Trinajstić information content (AvgIpc) is 2.14. The van der Waals surface area contributed by atoms with Crippen molar-refractivity contribution in [2.24, 2.45) is 5.73 Å². The maximum Gasteiger partial charge on any atom is 0.248 e. The number of benzene rings is 1. The molecule has 1 rings (SSSR count). The number of likely N-dealkylation sites (N-methyl/N-ethyl adjacent to an activating group) is 1.